The lowest BCUT2D eigenvalue weighted by atomic mass is 10.2. The Kier molecular flexibility index (Phi) is 14.5. The first-order chi connectivity index (χ1) is 13.6. The Hall–Kier alpha value is -1.52. The summed E-state index contributed by atoms with van der Waals surface area (Å²) < 4.78 is 25.8. The number of hydrogen-bond acceptors (Lipinski definition) is 8. The number of aliphatic hydroxyl groups excluding tert-OH is 1. The van der Waals surface area contributed by atoms with Crippen LogP contribution in [0.2, 0.25) is 0 Å². The Morgan fingerprint density at radius 2 is 1.59 bits per heavy atom. The van der Waals surface area contributed by atoms with Crippen LogP contribution in [-0.2, 0) is 32.7 Å². The van der Waals surface area contributed by atoms with Crippen LogP contribution in [0.1, 0.15) is 58.8 Å². The van der Waals surface area contributed by atoms with Crippen molar-refractivity contribution >= 4 is 25.7 Å². The topological polar surface area (TPSA) is 169 Å². The summed E-state index contributed by atoms with van der Waals surface area (Å²) in [7, 11) is -4.69. The van der Waals surface area contributed by atoms with Gasteiger partial charge in [0, 0.05) is 12.8 Å². The molecular weight excluding hydrogens is 409 g/mol. The van der Waals surface area contributed by atoms with E-state index < -0.39 is 57.6 Å². The molecule has 0 spiro atoms. The van der Waals surface area contributed by atoms with Crippen molar-refractivity contribution in [3.8, 4) is 0 Å². The van der Waals surface area contributed by atoms with Crippen molar-refractivity contribution in [2.45, 2.75) is 70.9 Å². The number of hydrogen-bond donors (Lipinski definition) is 4. The van der Waals surface area contributed by atoms with E-state index in [1.165, 1.54) is 0 Å². The maximum absolute atomic E-state index is 11.8. The monoisotopic (exact) mass is 441 g/mol. The minimum Gasteiger partial charge on any atom is -0.480 e. The zero-order valence-electron chi connectivity index (χ0n) is 16.9. The van der Waals surface area contributed by atoms with E-state index in [0.717, 1.165) is 19.3 Å². The molecule has 0 rings (SSSR count). The Labute approximate surface area is 170 Å². The highest BCUT2D eigenvalue weighted by Gasteiger charge is 2.28. The Balaban J connectivity index is 4.28. The lowest BCUT2D eigenvalue weighted by Gasteiger charge is -2.18. The molecule has 0 aliphatic heterocycles. The van der Waals surface area contributed by atoms with Gasteiger partial charge in [-0.2, -0.15) is 0 Å². The molecule has 0 aromatic carbocycles. The summed E-state index contributed by atoms with van der Waals surface area (Å²) in [6, 6.07) is -1.53. The number of aliphatic hydroxyl groups is 1. The van der Waals surface area contributed by atoms with Gasteiger partial charge in [-0.1, -0.05) is 33.1 Å². The highest BCUT2D eigenvalue weighted by molar-refractivity contribution is 7.47. The molecule has 0 aliphatic rings. The lowest BCUT2D eigenvalue weighted by molar-refractivity contribution is -0.147. The van der Waals surface area contributed by atoms with Gasteiger partial charge in [0.1, 0.15) is 12.7 Å². The minimum absolute atomic E-state index is 0.122. The summed E-state index contributed by atoms with van der Waals surface area (Å²) in [5.74, 6) is -2.46. The van der Waals surface area contributed by atoms with Crippen LogP contribution in [-0.4, -0.2) is 64.9 Å². The Morgan fingerprint density at radius 3 is 2.17 bits per heavy atom. The minimum atomic E-state index is -4.69. The summed E-state index contributed by atoms with van der Waals surface area (Å²) in [4.78, 5) is 43.7. The molecule has 29 heavy (non-hydrogen) atoms. The molecule has 0 aliphatic carbocycles. The molecule has 11 nitrogen and oxygen atoms in total. The zero-order valence-corrected chi connectivity index (χ0v) is 17.8. The molecular formula is C17H32NO10P. The number of carbonyl (C=O) groups is 3. The van der Waals surface area contributed by atoms with Gasteiger partial charge in [0.15, 0.2) is 6.04 Å². The Bertz CT molecular complexity index is 556. The van der Waals surface area contributed by atoms with Crippen molar-refractivity contribution in [1.29, 1.82) is 0 Å². The van der Waals surface area contributed by atoms with Crippen LogP contribution in [0.25, 0.3) is 0 Å². The third-order valence-electron chi connectivity index (χ3n) is 3.65. The number of amides is 1. The van der Waals surface area contributed by atoms with Gasteiger partial charge in [-0.15, -0.1) is 0 Å². The van der Waals surface area contributed by atoms with Gasteiger partial charge in [0.25, 0.3) is 0 Å². The third-order valence-corrected chi connectivity index (χ3v) is 4.60. The van der Waals surface area contributed by atoms with Gasteiger partial charge >= 0.3 is 19.8 Å². The number of carbonyl (C=O) groups excluding carboxylic acids is 2. The fourth-order valence-corrected chi connectivity index (χ4v) is 2.77. The maximum atomic E-state index is 11.8. The van der Waals surface area contributed by atoms with E-state index in [1.54, 1.807) is 0 Å². The number of phosphoric ester groups is 1. The van der Waals surface area contributed by atoms with Gasteiger partial charge in [-0.3, -0.25) is 18.6 Å². The first-order valence-corrected chi connectivity index (χ1v) is 11.1. The van der Waals surface area contributed by atoms with E-state index in [1.807, 2.05) is 13.8 Å². The largest absolute Gasteiger partial charge is 0.480 e. The first-order valence-electron chi connectivity index (χ1n) is 9.59. The molecule has 170 valence electrons. The van der Waals surface area contributed by atoms with E-state index in [-0.39, 0.29) is 12.8 Å². The normalized spacial score (nSPS) is 15.2. The molecule has 0 aromatic rings. The quantitative estimate of drug-likeness (QED) is 0.147. The maximum Gasteiger partial charge on any atom is 0.472 e. The predicted octanol–water partition coefficient (Wildman–Crippen LogP) is 1.36. The molecule has 3 atom stereocenters. The molecule has 0 saturated heterocycles. The molecule has 0 heterocycles. The van der Waals surface area contributed by atoms with E-state index in [4.69, 9.17) is 9.84 Å². The summed E-state index contributed by atoms with van der Waals surface area (Å²) in [6.45, 7) is 1.96. The number of carboxylic acids is 1. The number of unbranched alkanes of at least 4 members (excludes halogenated alkanes) is 3. The third kappa shape index (κ3) is 15.0. The summed E-state index contributed by atoms with van der Waals surface area (Å²) in [6.07, 6.45) is 2.78. The molecule has 12 heteroatoms. The van der Waals surface area contributed by atoms with Crippen LogP contribution in [0.3, 0.4) is 0 Å². The predicted molar refractivity (Wildman–Crippen MR) is 102 cm³/mol. The SMILES string of the molecule is CCCCCC(=O)OCC(O)COP(=O)(O)OCC(NC(=O)CCCC)C(=O)O. The van der Waals surface area contributed by atoms with Gasteiger partial charge in [-0.05, 0) is 12.8 Å². The van der Waals surface area contributed by atoms with Crippen LogP contribution in [0.5, 0.6) is 0 Å². The summed E-state index contributed by atoms with van der Waals surface area (Å²) >= 11 is 0. The number of esters is 1. The molecule has 3 unspecified atom stereocenters. The van der Waals surface area contributed by atoms with E-state index in [9.17, 15) is 28.9 Å². The molecule has 1 amide bonds. The zero-order chi connectivity index (χ0) is 22.3. The van der Waals surface area contributed by atoms with Crippen LogP contribution >= 0.6 is 7.82 Å². The number of phosphoric acid groups is 1. The number of aliphatic carboxylic acids is 1. The van der Waals surface area contributed by atoms with Crippen molar-refractivity contribution in [3.05, 3.63) is 0 Å². The number of rotatable bonds is 17. The second kappa shape index (κ2) is 15.3. The van der Waals surface area contributed by atoms with Crippen molar-refractivity contribution in [2.75, 3.05) is 19.8 Å². The number of carboxylic acid groups (broad SMARTS) is 1. The average Bonchev–Trinajstić information content (AvgIpc) is 2.66. The van der Waals surface area contributed by atoms with E-state index in [0.29, 0.717) is 12.8 Å². The van der Waals surface area contributed by atoms with Crippen LogP contribution < -0.4 is 5.32 Å². The van der Waals surface area contributed by atoms with Crippen molar-refractivity contribution in [1.82, 2.24) is 5.32 Å². The second-order valence-corrected chi connectivity index (χ2v) is 7.87. The standard InChI is InChI=1S/C17H32NO10P/c1-3-5-7-9-16(21)26-10-13(19)11-27-29(24,25)28-12-14(17(22)23)18-15(20)8-6-4-2/h13-14,19H,3-12H2,1-2H3,(H,18,20)(H,22,23)(H,24,25). The number of nitrogens with one attached hydrogen (secondary N) is 1. The van der Waals surface area contributed by atoms with Crippen molar-refractivity contribution < 1.29 is 47.8 Å². The van der Waals surface area contributed by atoms with Gasteiger partial charge in [0.2, 0.25) is 5.91 Å². The molecule has 0 bridgehead atoms. The van der Waals surface area contributed by atoms with Gasteiger partial charge in [-0.25, -0.2) is 9.36 Å². The lowest BCUT2D eigenvalue weighted by Crippen LogP contribution is -2.43. The van der Waals surface area contributed by atoms with Crippen molar-refractivity contribution in [2.24, 2.45) is 0 Å². The fourth-order valence-electron chi connectivity index (χ4n) is 1.99. The van der Waals surface area contributed by atoms with Crippen LogP contribution in [0, 0.1) is 0 Å². The second-order valence-electron chi connectivity index (χ2n) is 6.42. The molecule has 0 radical (unpaired) electrons. The van der Waals surface area contributed by atoms with Gasteiger partial charge < -0.3 is 25.2 Å². The summed E-state index contributed by atoms with van der Waals surface area (Å²) in [5, 5.41) is 20.9. The highest BCUT2D eigenvalue weighted by Crippen LogP contribution is 2.43. The molecule has 4 N–H and O–H groups in total. The highest BCUT2D eigenvalue weighted by atomic mass is 31.2. The van der Waals surface area contributed by atoms with Crippen LogP contribution in [0.15, 0.2) is 0 Å². The summed E-state index contributed by atoms with van der Waals surface area (Å²) in [5.41, 5.74) is 0. The van der Waals surface area contributed by atoms with E-state index >= 15 is 0 Å². The van der Waals surface area contributed by atoms with E-state index in [2.05, 4.69) is 14.4 Å². The first kappa shape index (κ1) is 27.5. The van der Waals surface area contributed by atoms with Crippen LogP contribution in [0.4, 0.5) is 0 Å². The van der Waals surface area contributed by atoms with Crippen molar-refractivity contribution in [3.63, 3.8) is 0 Å². The smallest absolute Gasteiger partial charge is 0.472 e. The average molecular weight is 441 g/mol. The molecule has 0 saturated carbocycles. The number of ether oxygens (including phenoxy) is 1. The van der Waals surface area contributed by atoms with Gasteiger partial charge in [0.05, 0.1) is 13.2 Å². The molecule has 0 aromatic heterocycles. The molecule has 0 fully saturated rings. The Morgan fingerprint density at radius 1 is 0.966 bits per heavy atom. The fraction of sp³-hybridized carbons (Fsp3) is 0.824.